The van der Waals surface area contributed by atoms with Gasteiger partial charge in [-0.1, -0.05) is 12.8 Å². The van der Waals surface area contributed by atoms with E-state index in [1.54, 1.807) is 10.7 Å². The minimum atomic E-state index is 0.122. The molecule has 2 aromatic heterocycles. The van der Waals surface area contributed by atoms with Gasteiger partial charge in [0.1, 0.15) is 5.75 Å². The minimum Gasteiger partial charge on any atom is -0.507 e. The van der Waals surface area contributed by atoms with Crippen molar-refractivity contribution < 1.29 is 5.11 Å². The Kier molecular flexibility index (Phi) is 4.41. The fraction of sp³-hybridized carbons (Fsp3) is 0.476. The lowest BCUT2D eigenvalue weighted by molar-refractivity contribution is 0.312. The van der Waals surface area contributed by atoms with Crippen molar-refractivity contribution in [3.63, 3.8) is 0 Å². The maximum absolute atomic E-state index is 10.5. The summed E-state index contributed by atoms with van der Waals surface area (Å²) in [5.74, 6) is 3.43. The van der Waals surface area contributed by atoms with Crippen LogP contribution in [-0.2, 0) is 0 Å². The Labute approximate surface area is 169 Å². The number of phenolic OH excluding ortho intramolecular Hbond substituents is 1. The lowest BCUT2D eigenvalue weighted by Crippen LogP contribution is -2.37. The van der Waals surface area contributed by atoms with Gasteiger partial charge in [0, 0.05) is 24.7 Å². The molecule has 0 amide bonds. The normalized spacial score (nSPS) is 23.3. The second kappa shape index (κ2) is 7.09. The fourth-order valence-corrected chi connectivity index (χ4v) is 4.97. The number of aromatic hydroxyl groups is 1. The molecule has 150 valence electrons. The third-order valence-electron chi connectivity index (χ3n) is 6.55. The van der Waals surface area contributed by atoms with Crippen LogP contribution in [0.2, 0.25) is 0 Å². The molecule has 0 aliphatic heterocycles. The lowest BCUT2D eigenvalue weighted by atomic mass is 9.85. The number of fused-ring (bicyclic) bond motifs is 2. The number of aromatic nitrogens is 6. The zero-order valence-electron chi connectivity index (χ0n) is 16.7. The Bertz CT molecular complexity index is 1000. The molecule has 0 saturated heterocycles. The van der Waals surface area contributed by atoms with Gasteiger partial charge >= 0.3 is 0 Å². The van der Waals surface area contributed by atoms with Crippen LogP contribution < -0.4 is 4.90 Å². The van der Waals surface area contributed by atoms with E-state index in [0.29, 0.717) is 28.8 Å². The van der Waals surface area contributed by atoms with Crippen molar-refractivity contribution in [2.45, 2.75) is 45.1 Å². The number of aryl methyl sites for hydroxylation is 1. The molecular formula is C21H25N7O. The third-order valence-corrected chi connectivity index (χ3v) is 6.55. The van der Waals surface area contributed by atoms with Crippen molar-refractivity contribution in [2.24, 2.45) is 11.8 Å². The molecule has 1 unspecified atom stereocenters. The Morgan fingerprint density at radius 1 is 1.00 bits per heavy atom. The standard InChI is InChI=1S/C21H25N7O/c1-13-22-25-26-28(13)16-5-6-18(20(29)12-16)19-7-8-21(24-23-19)27(2)17-10-14-3-4-15(9-14)11-17/h5-8,12,14-15,17,29H,3-4,9-11H2,1-2H3/t14-,15?,17+/m0/s1. The first-order valence-corrected chi connectivity index (χ1v) is 10.2. The average Bonchev–Trinajstić information content (AvgIpc) is 3.32. The largest absolute Gasteiger partial charge is 0.507 e. The van der Waals surface area contributed by atoms with E-state index < -0.39 is 0 Å². The zero-order chi connectivity index (χ0) is 20.0. The summed E-state index contributed by atoms with van der Waals surface area (Å²) in [6, 6.07) is 9.78. The molecule has 29 heavy (non-hydrogen) atoms. The molecule has 2 aliphatic rings. The van der Waals surface area contributed by atoms with Crippen molar-refractivity contribution in [1.82, 2.24) is 30.4 Å². The molecule has 2 bridgehead atoms. The highest BCUT2D eigenvalue weighted by Gasteiger charge is 2.36. The molecule has 8 nitrogen and oxygen atoms in total. The van der Waals surface area contributed by atoms with E-state index in [1.807, 2.05) is 31.2 Å². The van der Waals surface area contributed by atoms with Crippen molar-refractivity contribution in [1.29, 1.82) is 0 Å². The number of benzene rings is 1. The van der Waals surface area contributed by atoms with Crippen molar-refractivity contribution in [3.8, 4) is 22.7 Å². The molecule has 1 aromatic carbocycles. The van der Waals surface area contributed by atoms with E-state index in [9.17, 15) is 5.11 Å². The predicted molar refractivity (Wildman–Crippen MR) is 109 cm³/mol. The van der Waals surface area contributed by atoms with Gasteiger partial charge in [-0.25, -0.2) is 0 Å². The molecule has 3 atom stereocenters. The van der Waals surface area contributed by atoms with Gasteiger partial charge in [0.15, 0.2) is 11.6 Å². The number of nitrogens with zero attached hydrogens (tertiary/aromatic N) is 7. The first-order chi connectivity index (χ1) is 14.1. The highest BCUT2D eigenvalue weighted by molar-refractivity contribution is 5.69. The van der Waals surface area contributed by atoms with Crippen LogP contribution in [0.5, 0.6) is 5.75 Å². The van der Waals surface area contributed by atoms with Gasteiger partial charge in [0.2, 0.25) is 0 Å². The molecule has 2 heterocycles. The summed E-state index contributed by atoms with van der Waals surface area (Å²) in [6.45, 7) is 1.81. The molecule has 1 N–H and O–H groups in total. The summed E-state index contributed by atoms with van der Waals surface area (Å²) in [5.41, 5.74) is 1.98. The smallest absolute Gasteiger partial charge is 0.153 e. The summed E-state index contributed by atoms with van der Waals surface area (Å²) >= 11 is 0. The molecule has 0 spiro atoms. The average molecular weight is 391 g/mol. The van der Waals surface area contributed by atoms with Gasteiger partial charge in [0.05, 0.1) is 11.4 Å². The van der Waals surface area contributed by atoms with Gasteiger partial charge in [-0.3, -0.25) is 0 Å². The van der Waals surface area contributed by atoms with Crippen molar-refractivity contribution >= 4 is 5.82 Å². The Hall–Kier alpha value is -3.03. The van der Waals surface area contributed by atoms with Crippen LogP contribution >= 0.6 is 0 Å². The van der Waals surface area contributed by atoms with E-state index in [4.69, 9.17) is 0 Å². The number of tetrazole rings is 1. The zero-order valence-corrected chi connectivity index (χ0v) is 16.7. The van der Waals surface area contributed by atoms with Gasteiger partial charge in [-0.15, -0.1) is 15.3 Å². The van der Waals surface area contributed by atoms with E-state index >= 15 is 0 Å². The number of hydrogen-bond acceptors (Lipinski definition) is 7. The lowest BCUT2D eigenvalue weighted by Gasteiger charge is -2.35. The summed E-state index contributed by atoms with van der Waals surface area (Å²) in [7, 11) is 2.12. The third kappa shape index (κ3) is 3.32. The molecule has 2 fully saturated rings. The molecule has 2 saturated carbocycles. The van der Waals surface area contributed by atoms with Gasteiger partial charge in [-0.05, 0) is 72.7 Å². The van der Waals surface area contributed by atoms with Crippen molar-refractivity contribution in [3.05, 3.63) is 36.2 Å². The molecule has 8 heteroatoms. The second-order valence-electron chi connectivity index (χ2n) is 8.40. The summed E-state index contributed by atoms with van der Waals surface area (Å²) in [4.78, 5) is 2.28. The monoisotopic (exact) mass is 391 g/mol. The number of anilines is 1. The van der Waals surface area contributed by atoms with Gasteiger partial charge in [0.25, 0.3) is 0 Å². The van der Waals surface area contributed by atoms with Crippen LogP contribution in [0.25, 0.3) is 16.9 Å². The molecule has 2 aliphatic carbocycles. The van der Waals surface area contributed by atoms with E-state index in [-0.39, 0.29) is 5.75 Å². The highest BCUT2D eigenvalue weighted by Crippen LogP contribution is 2.43. The van der Waals surface area contributed by atoms with Gasteiger partial charge in [-0.2, -0.15) is 4.68 Å². The molecular weight excluding hydrogens is 366 g/mol. The molecule has 5 rings (SSSR count). The summed E-state index contributed by atoms with van der Waals surface area (Å²) in [5, 5.41) is 30.8. The molecule has 3 aromatic rings. The first kappa shape index (κ1) is 18.0. The van der Waals surface area contributed by atoms with Crippen LogP contribution in [0.4, 0.5) is 5.82 Å². The Morgan fingerprint density at radius 3 is 2.41 bits per heavy atom. The van der Waals surface area contributed by atoms with Crippen LogP contribution in [0.1, 0.15) is 37.9 Å². The number of phenols is 1. The molecule has 0 radical (unpaired) electrons. The maximum atomic E-state index is 10.5. The van der Waals surface area contributed by atoms with E-state index in [0.717, 1.165) is 17.7 Å². The number of rotatable bonds is 4. The fourth-order valence-electron chi connectivity index (χ4n) is 4.97. The minimum absolute atomic E-state index is 0.122. The van der Waals surface area contributed by atoms with Crippen LogP contribution in [0.3, 0.4) is 0 Å². The van der Waals surface area contributed by atoms with Crippen LogP contribution in [0.15, 0.2) is 30.3 Å². The highest BCUT2D eigenvalue weighted by atomic mass is 16.3. The van der Waals surface area contributed by atoms with Crippen LogP contribution in [-0.4, -0.2) is 48.6 Å². The number of hydrogen-bond donors (Lipinski definition) is 1. The Balaban J connectivity index is 1.35. The summed E-state index contributed by atoms with van der Waals surface area (Å²) < 4.78 is 1.57. The van der Waals surface area contributed by atoms with E-state index in [2.05, 4.69) is 37.7 Å². The second-order valence-corrected chi connectivity index (χ2v) is 8.40. The van der Waals surface area contributed by atoms with E-state index in [1.165, 1.54) is 32.1 Å². The quantitative estimate of drug-likeness (QED) is 0.730. The SMILES string of the molecule is Cc1nnnn1-c1ccc(-c2ccc(N(C)[C@H]3CC4CC[C@@H](C4)C3)nn2)c(O)c1. The first-order valence-electron chi connectivity index (χ1n) is 10.2. The van der Waals surface area contributed by atoms with Gasteiger partial charge < -0.3 is 10.0 Å². The summed E-state index contributed by atoms with van der Waals surface area (Å²) in [6.07, 6.45) is 6.71. The van der Waals surface area contributed by atoms with Crippen molar-refractivity contribution in [2.75, 3.05) is 11.9 Å². The Morgan fingerprint density at radius 2 is 1.79 bits per heavy atom. The maximum Gasteiger partial charge on any atom is 0.153 e. The van der Waals surface area contributed by atoms with Crippen LogP contribution in [0, 0.1) is 18.8 Å². The predicted octanol–water partition coefficient (Wildman–Crippen LogP) is 3.15. The topological polar surface area (TPSA) is 92.9 Å².